The van der Waals surface area contributed by atoms with Crippen LogP contribution in [0, 0.1) is 5.82 Å². The Labute approximate surface area is 138 Å². The molecule has 3 rings (SSSR count). The molecule has 0 saturated heterocycles. The molecule has 7 heteroatoms. The molecule has 1 aromatic heterocycles. The van der Waals surface area contributed by atoms with Crippen molar-refractivity contribution in [2.24, 2.45) is 0 Å². The smallest absolute Gasteiger partial charge is 0.329 e. The van der Waals surface area contributed by atoms with Gasteiger partial charge in [0, 0.05) is 17.0 Å². The van der Waals surface area contributed by atoms with Crippen molar-refractivity contribution in [3.8, 4) is 0 Å². The summed E-state index contributed by atoms with van der Waals surface area (Å²) < 4.78 is 21.4. The molecular weight excluding hydrogens is 367 g/mol. The summed E-state index contributed by atoms with van der Waals surface area (Å²) in [7, 11) is 0. The van der Waals surface area contributed by atoms with Gasteiger partial charge in [-0.25, -0.2) is 9.18 Å². The first-order chi connectivity index (χ1) is 11.0. The molecule has 1 heterocycles. The summed E-state index contributed by atoms with van der Waals surface area (Å²) in [6.07, 6.45) is -1.18. The number of nitrogens with zero attached hydrogens (tertiary/aromatic N) is 1. The molecular formula is C16H12BrFN2O3. The van der Waals surface area contributed by atoms with Crippen molar-refractivity contribution in [2.75, 3.05) is 0 Å². The van der Waals surface area contributed by atoms with Crippen LogP contribution in [0.15, 0.2) is 51.7 Å². The summed E-state index contributed by atoms with van der Waals surface area (Å²) in [4.78, 5) is 26.5. The number of halogens is 2. The minimum absolute atomic E-state index is 0.105. The second-order valence-corrected chi connectivity index (χ2v) is 5.86. The Morgan fingerprint density at radius 1 is 1.30 bits per heavy atom. The van der Waals surface area contributed by atoms with Crippen molar-refractivity contribution in [1.29, 1.82) is 0 Å². The molecule has 0 aliphatic carbocycles. The highest BCUT2D eigenvalue weighted by atomic mass is 79.9. The molecule has 0 bridgehead atoms. The van der Waals surface area contributed by atoms with Gasteiger partial charge in [0.05, 0.1) is 11.0 Å². The van der Waals surface area contributed by atoms with Crippen LogP contribution in [0.25, 0.3) is 11.0 Å². The van der Waals surface area contributed by atoms with E-state index in [-0.39, 0.29) is 5.56 Å². The number of imidazole rings is 1. The van der Waals surface area contributed by atoms with Crippen LogP contribution in [-0.2, 0) is 9.53 Å². The number of H-pyrrole nitrogens is 1. The van der Waals surface area contributed by atoms with Crippen LogP contribution in [0.3, 0.4) is 0 Å². The highest BCUT2D eigenvalue weighted by molar-refractivity contribution is 9.10. The largest absolute Gasteiger partial charge is 0.437 e. The number of hydrogen-bond donors (Lipinski definition) is 1. The Bertz CT molecular complexity index is 948. The van der Waals surface area contributed by atoms with Gasteiger partial charge in [0.15, 0.2) is 0 Å². The Hall–Kier alpha value is -2.41. The molecule has 1 atom stereocenters. The number of hydrogen-bond acceptors (Lipinski definition) is 3. The van der Waals surface area contributed by atoms with Crippen LogP contribution in [0.4, 0.5) is 4.39 Å². The van der Waals surface area contributed by atoms with E-state index in [2.05, 4.69) is 20.9 Å². The number of ether oxygens (including phenoxy) is 1. The van der Waals surface area contributed by atoms with E-state index in [1.807, 2.05) is 0 Å². The molecule has 0 radical (unpaired) electrons. The predicted octanol–water partition coefficient (Wildman–Crippen LogP) is 3.34. The van der Waals surface area contributed by atoms with Crippen molar-refractivity contribution in [1.82, 2.24) is 9.55 Å². The number of carbonyl (C=O) groups excluding carboxylic acids is 1. The summed E-state index contributed by atoms with van der Waals surface area (Å²) in [6.45, 7) is 1.21. The van der Waals surface area contributed by atoms with Gasteiger partial charge in [-0.1, -0.05) is 34.1 Å². The summed E-state index contributed by atoms with van der Waals surface area (Å²) in [5.74, 6) is -1.17. The van der Waals surface area contributed by atoms with Crippen LogP contribution in [0.1, 0.15) is 18.7 Å². The Balaban J connectivity index is 2.26. The third kappa shape index (κ3) is 2.92. The maximum atomic E-state index is 14.2. The average Bonchev–Trinajstić information content (AvgIpc) is 2.80. The first-order valence-corrected chi connectivity index (χ1v) is 7.58. The molecule has 1 N–H and O–H groups in total. The Morgan fingerprint density at radius 2 is 2.04 bits per heavy atom. The minimum atomic E-state index is -1.18. The molecule has 0 aliphatic heterocycles. The number of aromatic nitrogens is 2. The fourth-order valence-corrected chi connectivity index (χ4v) is 2.79. The van der Waals surface area contributed by atoms with Gasteiger partial charge in [0.1, 0.15) is 5.82 Å². The van der Waals surface area contributed by atoms with Gasteiger partial charge in [-0.05, 0) is 24.3 Å². The molecule has 0 aliphatic rings. The normalized spacial score (nSPS) is 12.3. The lowest BCUT2D eigenvalue weighted by molar-refractivity contribution is -0.148. The summed E-state index contributed by atoms with van der Waals surface area (Å²) in [5, 5.41) is 0. The summed E-state index contributed by atoms with van der Waals surface area (Å²) in [6, 6.07) is 11.0. The standard InChI is InChI=1S/C16H12BrFN2O3/c1-9(21)23-15(11-4-2-3-5-12(11)18)20-14-7-6-10(17)8-13(14)19-16(20)22/h2-8,15H,1H3,(H,19,22). The zero-order valence-electron chi connectivity index (χ0n) is 12.0. The van der Waals surface area contributed by atoms with Gasteiger partial charge in [-0.3, -0.25) is 9.36 Å². The van der Waals surface area contributed by atoms with E-state index in [1.54, 1.807) is 24.3 Å². The second-order valence-electron chi connectivity index (χ2n) is 4.94. The van der Waals surface area contributed by atoms with Crippen LogP contribution in [0.2, 0.25) is 0 Å². The Morgan fingerprint density at radius 3 is 2.74 bits per heavy atom. The van der Waals surface area contributed by atoms with Crippen molar-refractivity contribution in [2.45, 2.75) is 13.2 Å². The number of fused-ring (bicyclic) bond motifs is 1. The molecule has 5 nitrogen and oxygen atoms in total. The summed E-state index contributed by atoms with van der Waals surface area (Å²) >= 11 is 3.32. The molecule has 118 valence electrons. The molecule has 23 heavy (non-hydrogen) atoms. The van der Waals surface area contributed by atoms with Gasteiger partial charge >= 0.3 is 11.7 Å². The maximum absolute atomic E-state index is 14.2. The lowest BCUT2D eigenvalue weighted by Gasteiger charge is -2.19. The van der Waals surface area contributed by atoms with Crippen molar-refractivity contribution >= 4 is 32.9 Å². The number of aromatic amines is 1. The monoisotopic (exact) mass is 378 g/mol. The number of benzene rings is 2. The van der Waals surface area contributed by atoms with Crippen molar-refractivity contribution in [3.63, 3.8) is 0 Å². The second kappa shape index (κ2) is 6.00. The highest BCUT2D eigenvalue weighted by Gasteiger charge is 2.24. The lowest BCUT2D eigenvalue weighted by Crippen LogP contribution is -2.27. The fourth-order valence-electron chi connectivity index (χ4n) is 2.42. The molecule has 1 unspecified atom stereocenters. The number of carbonyl (C=O) groups is 1. The van der Waals surface area contributed by atoms with Gasteiger partial charge in [-0.2, -0.15) is 0 Å². The molecule has 2 aromatic carbocycles. The van der Waals surface area contributed by atoms with E-state index in [0.29, 0.717) is 11.0 Å². The van der Waals surface area contributed by atoms with E-state index in [1.165, 1.54) is 29.7 Å². The highest BCUT2D eigenvalue weighted by Crippen LogP contribution is 2.26. The van der Waals surface area contributed by atoms with Crippen LogP contribution >= 0.6 is 15.9 Å². The van der Waals surface area contributed by atoms with E-state index in [4.69, 9.17) is 4.74 Å². The molecule has 3 aromatic rings. The zero-order chi connectivity index (χ0) is 16.6. The van der Waals surface area contributed by atoms with Gasteiger partial charge in [0.25, 0.3) is 0 Å². The van der Waals surface area contributed by atoms with Crippen molar-refractivity contribution in [3.05, 3.63) is 68.8 Å². The zero-order valence-corrected chi connectivity index (χ0v) is 13.6. The van der Waals surface area contributed by atoms with E-state index in [9.17, 15) is 14.0 Å². The van der Waals surface area contributed by atoms with Gasteiger partial charge in [0.2, 0.25) is 6.23 Å². The quantitative estimate of drug-likeness (QED) is 0.710. The fraction of sp³-hybridized carbons (Fsp3) is 0.125. The average molecular weight is 379 g/mol. The SMILES string of the molecule is CC(=O)OC(c1ccccc1F)n1c(=O)[nH]c2cc(Br)ccc21. The predicted molar refractivity (Wildman–Crippen MR) is 86.6 cm³/mol. The molecule has 0 saturated carbocycles. The topological polar surface area (TPSA) is 64.1 Å². The van der Waals surface area contributed by atoms with Crippen LogP contribution in [0.5, 0.6) is 0 Å². The van der Waals surface area contributed by atoms with E-state index < -0.39 is 23.7 Å². The first kappa shape index (κ1) is 15.5. The van der Waals surface area contributed by atoms with Gasteiger partial charge in [-0.15, -0.1) is 0 Å². The maximum Gasteiger partial charge on any atom is 0.329 e. The number of rotatable bonds is 3. The minimum Gasteiger partial charge on any atom is -0.437 e. The molecule has 0 amide bonds. The van der Waals surface area contributed by atoms with E-state index >= 15 is 0 Å². The van der Waals surface area contributed by atoms with Crippen molar-refractivity contribution < 1.29 is 13.9 Å². The van der Waals surface area contributed by atoms with Crippen LogP contribution < -0.4 is 5.69 Å². The molecule has 0 fully saturated rings. The lowest BCUT2D eigenvalue weighted by atomic mass is 10.1. The summed E-state index contributed by atoms with van der Waals surface area (Å²) in [5.41, 5.74) is 0.673. The van der Waals surface area contributed by atoms with Crippen LogP contribution in [-0.4, -0.2) is 15.5 Å². The third-order valence-corrected chi connectivity index (χ3v) is 3.86. The number of nitrogens with one attached hydrogen (secondary N) is 1. The number of esters is 1. The third-order valence-electron chi connectivity index (χ3n) is 3.36. The van der Waals surface area contributed by atoms with E-state index in [0.717, 1.165) is 4.47 Å². The Kier molecular flexibility index (Phi) is 4.04. The van der Waals surface area contributed by atoms with Gasteiger partial charge < -0.3 is 9.72 Å². The first-order valence-electron chi connectivity index (χ1n) is 6.79. The molecule has 0 spiro atoms.